The van der Waals surface area contributed by atoms with Gasteiger partial charge in [0.2, 0.25) is 5.78 Å². The Morgan fingerprint density at radius 1 is 0.909 bits per heavy atom. The number of carbonyl (C=O) groups is 1. The van der Waals surface area contributed by atoms with Crippen LogP contribution in [0.25, 0.3) is 38.8 Å². The molecule has 0 aliphatic rings. The van der Waals surface area contributed by atoms with Gasteiger partial charge in [0, 0.05) is 23.3 Å². The van der Waals surface area contributed by atoms with E-state index in [9.17, 15) is 13.2 Å². The Hall–Kier alpha value is -5.62. The minimum absolute atomic E-state index is 0. The van der Waals surface area contributed by atoms with Crippen molar-refractivity contribution in [2.75, 3.05) is 5.73 Å². The maximum atomic E-state index is 14.2. The van der Waals surface area contributed by atoms with Crippen molar-refractivity contribution in [3.8, 4) is 16.8 Å². The lowest BCUT2D eigenvalue weighted by Crippen LogP contribution is -2.19. The molecule has 0 saturated carbocycles. The summed E-state index contributed by atoms with van der Waals surface area (Å²) in [6.45, 7) is 3.74. The van der Waals surface area contributed by atoms with Gasteiger partial charge >= 0.3 is 0 Å². The van der Waals surface area contributed by atoms with Gasteiger partial charge < -0.3 is 10.7 Å². The van der Waals surface area contributed by atoms with Crippen molar-refractivity contribution in [1.29, 1.82) is 0 Å². The molecule has 12 heteroatoms. The molecule has 3 aromatic carbocycles. The second-order valence-corrected chi connectivity index (χ2v) is 12.1. The number of pyridine rings is 1. The second-order valence-electron chi connectivity index (χ2n) is 10.3. The number of anilines is 1. The smallest absolute Gasteiger partial charge is 0.268 e. The molecule has 10 nitrogen and oxygen atoms in total. The van der Waals surface area contributed by atoms with Crippen LogP contribution >= 0.6 is 0 Å². The molecule has 0 atom stereocenters. The number of aryl methyl sites for hydroxylation is 2. The summed E-state index contributed by atoms with van der Waals surface area (Å²) in [4.78, 5) is 26.0. The topological polar surface area (TPSA) is 142 Å². The first kappa shape index (κ1) is 28.5. The Bertz CT molecular complexity index is 2310. The lowest BCUT2D eigenvalue weighted by Gasteiger charge is -2.12. The van der Waals surface area contributed by atoms with Crippen molar-refractivity contribution in [3.63, 3.8) is 0 Å². The van der Waals surface area contributed by atoms with Crippen LogP contribution in [-0.2, 0) is 10.0 Å². The number of imidazole rings is 1. The van der Waals surface area contributed by atoms with E-state index in [1.165, 1.54) is 23.0 Å². The third-order valence-corrected chi connectivity index (χ3v) is 9.17. The zero-order chi connectivity index (χ0) is 29.9. The maximum absolute atomic E-state index is 14.2. The number of fused-ring (bicyclic) bond motifs is 2. The van der Waals surface area contributed by atoms with Crippen molar-refractivity contribution >= 4 is 43.6 Å². The van der Waals surface area contributed by atoms with Gasteiger partial charge in [-0.3, -0.25) is 14.5 Å². The van der Waals surface area contributed by atoms with Crippen LogP contribution in [0.1, 0.15) is 27.4 Å². The van der Waals surface area contributed by atoms with Gasteiger partial charge in [-0.15, -0.1) is 0 Å². The molecule has 0 aliphatic carbocycles. The van der Waals surface area contributed by atoms with Crippen LogP contribution in [0.2, 0.25) is 0 Å². The molecule has 4 aromatic heterocycles. The van der Waals surface area contributed by atoms with Crippen LogP contribution in [0.4, 0.5) is 10.5 Å². The van der Waals surface area contributed by atoms with Crippen molar-refractivity contribution < 1.29 is 17.9 Å². The predicted molar refractivity (Wildman–Crippen MR) is 167 cm³/mol. The van der Waals surface area contributed by atoms with Gasteiger partial charge in [-0.05, 0) is 67.9 Å². The second kappa shape index (κ2) is 10.6. The molecule has 4 heterocycles. The number of nitrogens with zero attached hydrogens (tertiary/aromatic N) is 5. The molecule has 7 aromatic rings. The van der Waals surface area contributed by atoms with E-state index in [-0.39, 0.29) is 26.7 Å². The van der Waals surface area contributed by atoms with Crippen LogP contribution in [0, 0.1) is 13.8 Å². The first-order valence-electron chi connectivity index (χ1n) is 13.4. The van der Waals surface area contributed by atoms with E-state index in [1.54, 1.807) is 48.8 Å². The van der Waals surface area contributed by atoms with Gasteiger partial charge in [0.25, 0.3) is 10.0 Å². The molecule has 0 amide bonds. The Morgan fingerprint density at radius 3 is 2.45 bits per heavy atom. The van der Waals surface area contributed by atoms with Crippen molar-refractivity contribution in [2.24, 2.45) is 0 Å². The van der Waals surface area contributed by atoms with E-state index in [0.29, 0.717) is 16.6 Å². The summed E-state index contributed by atoms with van der Waals surface area (Å²) in [6, 6.07) is 22.7. The number of aromatic nitrogens is 6. The average molecular weight is 608 g/mol. The van der Waals surface area contributed by atoms with Crippen molar-refractivity contribution in [2.45, 2.75) is 18.7 Å². The first-order chi connectivity index (χ1) is 20.7. The van der Waals surface area contributed by atoms with Crippen LogP contribution in [0.5, 0.6) is 0 Å². The van der Waals surface area contributed by atoms with Crippen LogP contribution in [-0.4, -0.2) is 42.9 Å². The number of aromatic amines is 1. The van der Waals surface area contributed by atoms with E-state index in [2.05, 4.69) is 20.1 Å². The molecule has 0 radical (unpaired) electrons. The third-order valence-electron chi connectivity index (χ3n) is 7.43. The number of carbonyl (C=O) groups excluding carboxylic acids is 1. The molecule has 3 N–H and O–H groups in total. The highest BCUT2D eigenvalue weighted by Gasteiger charge is 2.29. The number of hydrogen-bond acceptors (Lipinski definition) is 7. The molecule has 0 fully saturated rings. The summed E-state index contributed by atoms with van der Waals surface area (Å²) < 4.78 is 31.0. The summed E-state index contributed by atoms with van der Waals surface area (Å²) in [5.74, 6) is 0.281. The summed E-state index contributed by atoms with van der Waals surface area (Å²) in [5, 5.41) is 4.97. The minimum atomic E-state index is -4.20. The summed E-state index contributed by atoms with van der Waals surface area (Å²) >= 11 is 0. The zero-order valence-electron chi connectivity index (χ0n) is 23.6. The Labute approximate surface area is 251 Å². The van der Waals surface area contributed by atoms with Crippen LogP contribution in [0.15, 0.2) is 102 Å². The van der Waals surface area contributed by atoms with Crippen molar-refractivity contribution in [3.05, 3.63) is 120 Å². The molecular formula is C32H26FN7O3S. The fourth-order valence-corrected chi connectivity index (χ4v) is 6.76. The monoisotopic (exact) mass is 607 g/mol. The highest BCUT2D eigenvalue weighted by Crippen LogP contribution is 2.32. The Morgan fingerprint density at radius 2 is 1.70 bits per heavy atom. The largest absolute Gasteiger partial charge is 0.383 e. The molecule has 7 rings (SSSR count). The SMILES string of the molecule is Cc1ccc(S(=O)(=O)n2c(C(=O)c3cnn(-c4ccc5nc(C)[nH]c5c4)c3N)cc3ccc(-c4cccnc4)cc32)cc1.F. The van der Waals surface area contributed by atoms with E-state index in [4.69, 9.17) is 5.73 Å². The zero-order valence-corrected chi connectivity index (χ0v) is 24.4. The minimum Gasteiger partial charge on any atom is -0.383 e. The highest BCUT2D eigenvalue weighted by molar-refractivity contribution is 7.90. The fourth-order valence-electron chi connectivity index (χ4n) is 5.26. The maximum Gasteiger partial charge on any atom is 0.268 e. The van der Waals surface area contributed by atoms with Crippen molar-refractivity contribution in [1.82, 2.24) is 28.7 Å². The van der Waals surface area contributed by atoms with Crippen LogP contribution < -0.4 is 5.73 Å². The van der Waals surface area contributed by atoms with E-state index < -0.39 is 15.8 Å². The Kier molecular flexibility index (Phi) is 6.85. The molecule has 0 spiro atoms. The van der Waals surface area contributed by atoms with Gasteiger partial charge in [0.15, 0.2) is 0 Å². The first-order valence-corrected chi connectivity index (χ1v) is 14.9. The molecule has 220 valence electrons. The summed E-state index contributed by atoms with van der Waals surface area (Å²) in [7, 11) is -4.20. The number of nitrogens with two attached hydrogens (primary N) is 1. The Balaban J connectivity index is 0.00000343. The lowest BCUT2D eigenvalue weighted by atomic mass is 10.1. The third kappa shape index (κ3) is 4.61. The number of nitrogen functional groups attached to an aromatic ring is 1. The standard InChI is InChI=1S/C32H25N7O3S.FH/c1-19-5-10-25(11-6-19)43(41,42)39-29-14-21(23-4-3-13-34-17-23)7-8-22(29)15-30(39)31(40)26-18-35-38(32(26)33)24-9-12-27-28(16-24)37-20(2)36-27;/h3-18H,33H2,1-2H3,(H,36,37);1H. The van der Waals surface area contributed by atoms with E-state index in [0.717, 1.165) is 37.5 Å². The normalized spacial score (nSPS) is 11.6. The number of benzene rings is 3. The number of H-pyrrole nitrogens is 1. The van der Waals surface area contributed by atoms with Gasteiger partial charge in [0.1, 0.15) is 17.3 Å². The lowest BCUT2D eigenvalue weighted by molar-refractivity contribution is 0.103. The van der Waals surface area contributed by atoms with Gasteiger partial charge in [0.05, 0.1) is 38.9 Å². The van der Waals surface area contributed by atoms with Crippen LogP contribution in [0.3, 0.4) is 0 Å². The van der Waals surface area contributed by atoms with Gasteiger partial charge in [-0.2, -0.15) is 5.10 Å². The average Bonchev–Trinajstić information content (AvgIpc) is 3.70. The van der Waals surface area contributed by atoms with Gasteiger partial charge in [-0.25, -0.2) is 22.1 Å². The number of rotatable bonds is 6. The van der Waals surface area contributed by atoms with E-state index in [1.807, 2.05) is 44.2 Å². The molecule has 0 aliphatic heterocycles. The number of nitrogens with one attached hydrogen (secondary N) is 1. The molecule has 44 heavy (non-hydrogen) atoms. The highest BCUT2D eigenvalue weighted by atomic mass is 32.2. The van der Waals surface area contributed by atoms with Gasteiger partial charge in [-0.1, -0.05) is 35.9 Å². The number of hydrogen-bond donors (Lipinski definition) is 2. The number of halogens is 1. The molecule has 0 unspecified atom stereocenters. The summed E-state index contributed by atoms with van der Waals surface area (Å²) in [6.07, 6.45) is 4.73. The molecular weight excluding hydrogens is 581 g/mol. The fraction of sp³-hybridized carbons (Fsp3) is 0.0625. The van der Waals surface area contributed by atoms with E-state index >= 15 is 0 Å². The number of ketones is 1. The summed E-state index contributed by atoms with van der Waals surface area (Å²) in [5.41, 5.74) is 11.6. The predicted octanol–water partition coefficient (Wildman–Crippen LogP) is 5.58. The molecule has 0 saturated heterocycles. The molecule has 0 bridgehead atoms. The quantitative estimate of drug-likeness (QED) is 0.235.